The van der Waals surface area contributed by atoms with Crippen molar-refractivity contribution in [2.75, 3.05) is 6.26 Å². The summed E-state index contributed by atoms with van der Waals surface area (Å²) in [5, 5.41) is 5.57. The Bertz CT molecular complexity index is 708. The minimum absolute atomic E-state index is 0.609. The van der Waals surface area contributed by atoms with Gasteiger partial charge in [-0.05, 0) is 30.6 Å². The number of rotatable bonds is 2. The molecule has 3 rings (SSSR count). The Morgan fingerprint density at radius 3 is 2.71 bits per heavy atom. The van der Waals surface area contributed by atoms with Crippen LogP contribution in [0.15, 0.2) is 35.4 Å². The second-order valence-corrected chi connectivity index (χ2v) is 4.76. The van der Waals surface area contributed by atoms with Gasteiger partial charge in [0, 0.05) is 0 Å². The molecule has 0 fully saturated rings. The van der Waals surface area contributed by atoms with Gasteiger partial charge >= 0.3 is 0 Å². The first kappa shape index (κ1) is 10.6. The van der Waals surface area contributed by atoms with Crippen molar-refractivity contribution in [3.8, 4) is 5.69 Å². The maximum atomic E-state index is 5.06. The molecular formula is C11H10N4S2. The Labute approximate surface area is 107 Å². The second-order valence-electron chi connectivity index (χ2n) is 3.56. The van der Waals surface area contributed by atoms with E-state index in [1.54, 1.807) is 11.8 Å². The molecule has 0 atom stereocenters. The highest BCUT2D eigenvalue weighted by molar-refractivity contribution is 7.98. The lowest BCUT2D eigenvalue weighted by Crippen LogP contribution is -1.97. The number of hydrogen-bond donors (Lipinski definition) is 2. The fourth-order valence-electron chi connectivity index (χ4n) is 1.79. The molecule has 6 heteroatoms. The monoisotopic (exact) mass is 262 g/mol. The number of aromatic amines is 2. The fourth-order valence-corrected chi connectivity index (χ4v) is 2.66. The van der Waals surface area contributed by atoms with Crippen molar-refractivity contribution in [2.45, 2.75) is 5.03 Å². The number of hydrogen-bond acceptors (Lipinski definition) is 3. The van der Waals surface area contributed by atoms with Gasteiger partial charge < -0.3 is 9.97 Å². The lowest BCUT2D eigenvalue weighted by molar-refractivity contribution is 0.809. The SMILES string of the molecule is CSc1c2[nH]c(=S)[nH]c2nn1-c1ccccc1. The van der Waals surface area contributed by atoms with Gasteiger partial charge in [-0.2, -0.15) is 0 Å². The van der Waals surface area contributed by atoms with E-state index in [-0.39, 0.29) is 0 Å². The van der Waals surface area contributed by atoms with Crippen LogP contribution < -0.4 is 0 Å². The average Bonchev–Trinajstić information content (AvgIpc) is 2.85. The molecule has 0 saturated heterocycles. The molecule has 0 unspecified atom stereocenters. The molecule has 0 bridgehead atoms. The summed E-state index contributed by atoms with van der Waals surface area (Å²) < 4.78 is 2.52. The summed E-state index contributed by atoms with van der Waals surface area (Å²) in [5.41, 5.74) is 2.80. The molecule has 1 aromatic carbocycles. The van der Waals surface area contributed by atoms with Gasteiger partial charge in [0.2, 0.25) is 0 Å². The van der Waals surface area contributed by atoms with Crippen LogP contribution in [0.1, 0.15) is 0 Å². The maximum Gasteiger partial charge on any atom is 0.179 e. The molecule has 4 nitrogen and oxygen atoms in total. The number of para-hydroxylation sites is 1. The van der Waals surface area contributed by atoms with E-state index < -0.39 is 0 Å². The van der Waals surface area contributed by atoms with Gasteiger partial charge in [-0.25, -0.2) is 4.68 Å². The number of H-pyrrole nitrogens is 2. The van der Waals surface area contributed by atoms with Crippen LogP contribution in [0.25, 0.3) is 16.9 Å². The number of nitrogens with one attached hydrogen (secondary N) is 2. The summed E-state index contributed by atoms with van der Waals surface area (Å²) in [7, 11) is 0. The smallest absolute Gasteiger partial charge is 0.179 e. The van der Waals surface area contributed by atoms with Crippen molar-refractivity contribution in [3.63, 3.8) is 0 Å². The Hall–Kier alpha value is -1.53. The Morgan fingerprint density at radius 1 is 1.24 bits per heavy atom. The van der Waals surface area contributed by atoms with E-state index in [2.05, 4.69) is 15.1 Å². The molecule has 0 aliphatic heterocycles. The predicted molar refractivity (Wildman–Crippen MR) is 72.4 cm³/mol. The van der Waals surface area contributed by atoms with Crippen LogP contribution in [0.3, 0.4) is 0 Å². The van der Waals surface area contributed by atoms with Crippen LogP contribution in [0.4, 0.5) is 0 Å². The summed E-state index contributed by atoms with van der Waals surface area (Å²) in [4.78, 5) is 6.16. The lowest BCUT2D eigenvalue weighted by Gasteiger charge is -2.04. The van der Waals surface area contributed by atoms with Crippen molar-refractivity contribution >= 4 is 35.1 Å². The van der Waals surface area contributed by atoms with Crippen LogP contribution in [0.5, 0.6) is 0 Å². The third-order valence-corrected chi connectivity index (χ3v) is 3.48. The molecule has 0 radical (unpaired) electrons. The van der Waals surface area contributed by atoms with Gasteiger partial charge in [-0.15, -0.1) is 16.9 Å². The minimum atomic E-state index is 0.609. The summed E-state index contributed by atoms with van der Waals surface area (Å²) in [6, 6.07) is 10.0. The van der Waals surface area contributed by atoms with Gasteiger partial charge in [-0.1, -0.05) is 18.2 Å². The number of benzene rings is 1. The molecule has 86 valence electrons. The predicted octanol–water partition coefficient (Wildman–Crippen LogP) is 3.13. The van der Waals surface area contributed by atoms with E-state index in [1.165, 1.54) is 0 Å². The molecule has 0 amide bonds. The van der Waals surface area contributed by atoms with E-state index in [1.807, 2.05) is 41.3 Å². The number of thioether (sulfide) groups is 1. The number of nitrogens with zero attached hydrogens (tertiary/aromatic N) is 2. The maximum absolute atomic E-state index is 5.06. The third-order valence-electron chi connectivity index (χ3n) is 2.51. The highest BCUT2D eigenvalue weighted by atomic mass is 32.2. The number of imidazole rings is 1. The first-order valence-corrected chi connectivity index (χ1v) is 6.73. The average molecular weight is 262 g/mol. The van der Waals surface area contributed by atoms with Crippen molar-refractivity contribution < 1.29 is 0 Å². The Balaban J connectivity index is 2.30. The minimum Gasteiger partial charge on any atom is -0.327 e. The standard InChI is InChI=1S/C11H10N4S2/c1-17-10-8-9(13-11(16)12-8)14-15(10)7-5-3-2-4-6-7/h2-6H,1H3,(H2,12,13,14,16). The van der Waals surface area contributed by atoms with Gasteiger partial charge in [0.25, 0.3) is 0 Å². The summed E-state index contributed by atoms with van der Waals surface area (Å²) in [6.45, 7) is 0. The van der Waals surface area contributed by atoms with Crippen molar-refractivity contribution in [1.29, 1.82) is 0 Å². The molecule has 17 heavy (non-hydrogen) atoms. The number of aromatic nitrogens is 4. The normalized spacial score (nSPS) is 11.1. The second kappa shape index (κ2) is 4.05. The van der Waals surface area contributed by atoms with Crippen LogP contribution in [0, 0.1) is 4.77 Å². The van der Waals surface area contributed by atoms with Crippen molar-refractivity contribution in [1.82, 2.24) is 19.7 Å². The molecule has 0 spiro atoms. The molecular weight excluding hydrogens is 252 g/mol. The molecule has 2 heterocycles. The van der Waals surface area contributed by atoms with E-state index in [0.717, 1.165) is 21.9 Å². The van der Waals surface area contributed by atoms with Crippen molar-refractivity contribution in [3.05, 3.63) is 35.1 Å². The lowest BCUT2D eigenvalue weighted by atomic mass is 10.3. The zero-order valence-corrected chi connectivity index (χ0v) is 10.7. The molecule has 0 saturated carbocycles. The quantitative estimate of drug-likeness (QED) is 0.551. The molecule has 2 aromatic heterocycles. The van der Waals surface area contributed by atoms with Crippen LogP contribution in [-0.2, 0) is 0 Å². The van der Waals surface area contributed by atoms with Gasteiger partial charge in [0.1, 0.15) is 10.5 Å². The van der Waals surface area contributed by atoms with Crippen molar-refractivity contribution in [2.24, 2.45) is 0 Å². The molecule has 2 N–H and O–H groups in total. The van der Waals surface area contributed by atoms with E-state index >= 15 is 0 Å². The Kier molecular flexibility index (Phi) is 2.53. The van der Waals surface area contributed by atoms with Gasteiger partial charge in [0.15, 0.2) is 10.4 Å². The highest BCUT2D eigenvalue weighted by Crippen LogP contribution is 2.26. The molecule has 0 aliphatic carbocycles. The van der Waals surface area contributed by atoms with E-state index in [4.69, 9.17) is 12.2 Å². The zero-order chi connectivity index (χ0) is 11.8. The fraction of sp³-hybridized carbons (Fsp3) is 0.0909. The topological polar surface area (TPSA) is 49.4 Å². The number of fused-ring (bicyclic) bond motifs is 1. The summed E-state index contributed by atoms with van der Waals surface area (Å²) in [6.07, 6.45) is 2.03. The highest BCUT2D eigenvalue weighted by Gasteiger charge is 2.13. The Morgan fingerprint density at radius 2 is 2.00 bits per heavy atom. The summed E-state index contributed by atoms with van der Waals surface area (Å²) >= 11 is 6.71. The van der Waals surface area contributed by atoms with E-state index in [0.29, 0.717) is 4.77 Å². The van der Waals surface area contributed by atoms with Gasteiger partial charge in [0.05, 0.1) is 5.69 Å². The van der Waals surface area contributed by atoms with E-state index in [9.17, 15) is 0 Å². The molecule has 3 aromatic rings. The van der Waals surface area contributed by atoms with Crippen LogP contribution in [0.2, 0.25) is 0 Å². The van der Waals surface area contributed by atoms with Gasteiger partial charge in [-0.3, -0.25) is 0 Å². The van der Waals surface area contributed by atoms with Crippen LogP contribution >= 0.6 is 24.0 Å². The first-order chi connectivity index (χ1) is 8.29. The van der Waals surface area contributed by atoms with Crippen LogP contribution in [-0.4, -0.2) is 26.0 Å². The zero-order valence-electron chi connectivity index (χ0n) is 9.10. The first-order valence-electron chi connectivity index (χ1n) is 5.10. The summed E-state index contributed by atoms with van der Waals surface area (Å²) in [5.74, 6) is 0. The third kappa shape index (κ3) is 1.69. The molecule has 0 aliphatic rings. The largest absolute Gasteiger partial charge is 0.327 e.